The number of ether oxygens (including phenoxy) is 1. The van der Waals surface area contributed by atoms with E-state index < -0.39 is 0 Å². The minimum absolute atomic E-state index is 0.137. The third kappa shape index (κ3) is 3.05. The van der Waals surface area contributed by atoms with E-state index in [1.54, 1.807) is 24.3 Å². The Kier molecular flexibility index (Phi) is 3.73. The van der Waals surface area contributed by atoms with Crippen molar-refractivity contribution in [2.45, 2.75) is 18.9 Å². The van der Waals surface area contributed by atoms with Gasteiger partial charge in [0.15, 0.2) is 0 Å². The number of benzene rings is 1. The normalized spacial score (nSPS) is 18.6. The van der Waals surface area contributed by atoms with E-state index >= 15 is 0 Å². The van der Waals surface area contributed by atoms with Crippen molar-refractivity contribution in [1.82, 2.24) is 5.32 Å². The van der Waals surface area contributed by atoms with Crippen LogP contribution in [0.3, 0.4) is 0 Å². The van der Waals surface area contributed by atoms with Crippen LogP contribution in [0, 0.1) is 11.3 Å². The average molecular weight is 230 g/mol. The molecule has 1 aliphatic heterocycles. The highest BCUT2D eigenvalue weighted by molar-refractivity contribution is 5.94. The fourth-order valence-corrected chi connectivity index (χ4v) is 1.84. The second-order valence-electron chi connectivity index (χ2n) is 4.04. The molecule has 1 saturated heterocycles. The van der Waals surface area contributed by atoms with E-state index in [2.05, 4.69) is 5.32 Å². The molecule has 88 valence electrons. The molecular weight excluding hydrogens is 216 g/mol. The van der Waals surface area contributed by atoms with Gasteiger partial charge in [-0.2, -0.15) is 5.26 Å². The zero-order valence-electron chi connectivity index (χ0n) is 9.48. The van der Waals surface area contributed by atoms with Gasteiger partial charge in [-0.1, -0.05) is 6.07 Å². The SMILES string of the molecule is N#Cc1cccc(C(=O)NC[C@@H]2CCCO2)c1. The van der Waals surface area contributed by atoms with Crippen LogP contribution in [-0.4, -0.2) is 25.2 Å². The molecule has 1 aromatic rings. The molecule has 2 rings (SSSR count). The number of amides is 1. The molecule has 4 nitrogen and oxygen atoms in total. The number of nitrogens with zero attached hydrogens (tertiary/aromatic N) is 1. The van der Waals surface area contributed by atoms with Crippen LogP contribution in [-0.2, 0) is 4.74 Å². The van der Waals surface area contributed by atoms with E-state index in [1.165, 1.54) is 0 Å². The second kappa shape index (κ2) is 5.46. The van der Waals surface area contributed by atoms with Gasteiger partial charge < -0.3 is 10.1 Å². The van der Waals surface area contributed by atoms with Crippen molar-refractivity contribution in [3.8, 4) is 6.07 Å². The Morgan fingerprint density at radius 3 is 3.18 bits per heavy atom. The van der Waals surface area contributed by atoms with Crippen molar-refractivity contribution >= 4 is 5.91 Å². The maximum atomic E-state index is 11.8. The summed E-state index contributed by atoms with van der Waals surface area (Å²) in [6, 6.07) is 8.69. The predicted molar refractivity (Wildman–Crippen MR) is 62.5 cm³/mol. The molecular formula is C13H14N2O2. The lowest BCUT2D eigenvalue weighted by Crippen LogP contribution is -2.31. The first-order chi connectivity index (χ1) is 8.29. The standard InChI is InChI=1S/C13H14N2O2/c14-8-10-3-1-4-11(7-10)13(16)15-9-12-5-2-6-17-12/h1,3-4,7,12H,2,5-6,9H2,(H,15,16)/t12-/m0/s1. The Morgan fingerprint density at radius 2 is 2.47 bits per heavy atom. The molecule has 0 saturated carbocycles. The van der Waals surface area contributed by atoms with Crippen LogP contribution in [0.4, 0.5) is 0 Å². The Bertz CT molecular complexity index is 445. The van der Waals surface area contributed by atoms with Crippen molar-refractivity contribution in [3.05, 3.63) is 35.4 Å². The Labute approximate surface area is 100 Å². The summed E-state index contributed by atoms with van der Waals surface area (Å²) in [6.07, 6.45) is 2.20. The number of nitrogens with one attached hydrogen (secondary N) is 1. The zero-order chi connectivity index (χ0) is 12.1. The summed E-state index contributed by atoms with van der Waals surface area (Å²) in [5.74, 6) is -0.155. The van der Waals surface area contributed by atoms with Crippen LogP contribution >= 0.6 is 0 Å². The number of nitriles is 1. The van der Waals surface area contributed by atoms with Gasteiger partial charge >= 0.3 is 0 Å². The fraction of sp³-hybridized carbons (Fsp3) is 0.385. The summed E-state index contributed by atoms with van der Waals surface area (Å²) in [5, 5.41) is 11.6. The van der Waals surface area contributed by atoms with Crippen molar-refractivity contribution in [3.63, 3.8) is 0 Å². The quantitative estimate of drug-likeness (QED) is 0.855. The Morgan fingerprint density at radius 1 is 1.59 bits per heavy atom. The van der Waals surface area contributed by atoms with Gasteiger partial charge in [-0.05, 0) is 31.0 Å². The zero-order valence-corrected chi connectivity index (χ0v) is 9.48. The monoisotopic (exact) mass is 230 g/mol. The maximum absolute atomic E-state index is 11.8. The first-order valence-electron chi connectivity index (χ1n) is 5.69. The topological polar surface area (TPSA) is 62.1 Å². The number of carbonyl (C=O) groups is 1. The molecule has 0 spiro atoms. The van der Waals surface area contributed by atoms with Crippen LogP contribution < -0.4 is 5.32 Å². The molecule has 1 N–H and O–H groups in total. The van der Waals surface area contributed by atoms with Crippen molar-refractivity contribution in [2.75, 3.05) is 13.2 Å². The molecule has 1 fully saturated rings. The Balaban J connectivity index is 1.92. The summed E-state index contributed by atoms with van der Waals surface area (Å²) < 4.78 is 5.42. The lowest BCUT2D eigenvalue weighted by atomic mass is 10.1. The molecule has 17 heavy (non-hydrogen) atoms. The molecule has 0 unspecified atom stereocenters. The summed E-state index contributed by atoms with van der Waals surface area (Å²) in [6.45, 7) is 1.32. The van der Waals surface area contributed by atoms with E-state index in [0.29, 0.717) is 17.7 Å². The summed E-state index contributed by atoms with van der Waals surface area (Å²) >= 11 is 0. The molecule has 1 amide bonds. The van der Waals surface area contributed by atoms with E-state index in [-0.39, 0.29) is 12.0 Å². The smallest absolute Gasteiger partial charge is 0.251 e. The van der Waals surface area contributed by atoms with E-state index in [4.69, 9.17) is 10.00 Å². The van der Waals surface area contributed by atoms with Crippen LogP contribution in [0.1, 0.15) is 28.8 Å². The minimum atomic E-state index is -0.155. The fourth-order valence-electron chi connectivity index (χ4n) is 1.84. The molecule has 1 aromatic carbocycles. The number of rotatable bonds is 3. The molecule has 0 aromatic heterocycles. The highest BCUT2D eigenvalue weighted by Gasteiger charge is 2.16. The van der Waals surface area contributed by atoms with E-state index in [1.807, 2.05) is 6.07 Å². The highest BCUT2D eigenvalue weighted by atomic mass is 16.5. The molecule has 0 bridgehead atoms. The third-order valence-electron chi connectivity index (χ3n) is 2.77. The first kappa shape index (κ1) is 11.6. The van der Waals surface area contributed by atoms with Gasteiger partial charge in [0.05, 0.1) is 17.7 Å². The summed E-state index contributed by atoms with van der Waals surface area (Å²) in [4.78, 5) is 11.8. The molecule has 4 heteroatoms. The van der Waals surface area contributed by atoms with Gasteiger partial charge in [-0.3, -0.25) is 4.79 Å². The number of hydrogen-bond donors (Lipinski definition) is 1. The summed E-state index contributed by atoms with van der Waals surface area (Å²) in [7, 11) is 0. The van der Waals surface area contributed by atoms with Crippen molar-refractivity contribution < 1.29 is 9.53 Å². The van der Waals surface area contributed by atoms with Gasteiger partial charge in [0, 0.05) is 18.7 Å². The number of carbonyl (C=O) groups excluding carboxylic acids is 1. The molecule has 1 atom stereocenters. The van der Waals surface area contributed by atoms with E-state index in [0.717, 1.165) is 19.4 Å². The van der Waals surface area contributed by atoms with Gasteiger partial charge in [0.2, 0.25) is 0 Å². The van der Waals surface area contributed by atoms with Gasteiger partial charge in [-0.15, -0.1) is 0 Å². The van der Waals surface area contributed by atoms with Crippen molar-refractivity contribution in [2.24, 2.45) is 0 Å². The van der Waals surface area contributed by atoms with E-state index in [9.17, 15) is 4.79 Å². The predicted octanol–water partition coefficient (Wildman–Crippen LogP) is 1.47. The Hall–Kier alpha value is -1.86. The number of hydrogen-bond acceptors (Lipinski definition) is 3. The summed E-state index contributed by atoms with van der Waals surface area (Å²) in [5.41, 5.74) is 1.01. The van der Waals surface area contributed by atoms with Crippen LogP contribution in [0.25, 0.3) is 0 Å². The first-order valence-corrected chi connectivity index (χ1v) is 5.69. The van der Waals surface area contributed by atoms with Gasteiger partial charge in [0.25, 0.3) is 5.91 Å². The minimum Gasteiger partial charge on any atom is -0.376 e. The third-order valence-corrected chi connectivity index (χ3v) is 2.77. The van der Waals surface area contributed by atoms with Gasteiger partial charge in [0.1, 0.15) is 0 Å². The van der Waals surface area contributed by atoms with Crippen LogP contribution in [0.15, 0.2) is 24.3 Å². The van der Waals surface area contributed by atoms with Crippen LogP contribution in [0.2, 0.25) is 0 Å². The highest BCUT2D eigenvalue weighted by Crippen LogP contribution is 2.11. The lowest BCUT2D eigenvalue weighted by molar-refractivity contribution is 0.0858. The lowest BCUT2D eigenvalue weighted by Gasteiger charge is -2.10. The van der Waals surface area contributed by atoms with Crippen LogP contribution in [0.5, 0.6) is 0 Å². The molecule has 1 aliphatic rings. The van der Waals surface area contributed by atoms with Gasteiger partial charge in [-0.25, -0.2) is 0 Å². The van der Waals surface area contributed by atoms with Crippen molar-refractivity contribution in [1.29, 1.82) is 5.26 Å². The molecule has 0 aliphatic carbocycles. The maximum Gasteiger partial charge on any atom is 0.251 e. The largest absolute Gasteiger partial charge is 0.376 e. The molecule has 1 heterocycles. The average Bonchev–Trinajstić information content (AvgIpc) is 2.89. The molecule has 0 radical (unpaired) electrons. The second-order valence-corrected chi connectivity index (χ2v) is 4.04.